The summed E-state index contributed by atoms with van der Waals surface area (Å²) in [5.41, 5.74) is 0.0421. The average molecular weight is 362 g/mol. The van der Waals surface area contributed by atoms with Crippen molar-refractivity contribution in [3.05, 3.63) is 35.6 Å². The van der Waals surface area contributed by atoms with Gasteiger partial charge in [-0.15, -0.1) is 0 Å². The minimum atomic E-state index is -0.758. The number of carbonyl (C=O) groups is 1. The highest BCUT2D eigenvalue weighted by Crippen LogP contribution is 2.37. The topological polar surface area (TPSA) is 32.8 Å². The van der Waals surface area contributed by atoms with Gasteiger partial charge >= 0.3 is 0 Å². The molecule has 3 rings (SSSR count). The van der Waals surface area contributed by atoms with E-state index in [2.05, 4.69) is 18.7 Å². The number of halogens is 1. The van der Waals surface area contributed by atoms with Crippen LogP contribution in [-0.4, -0.2) is 59.1 Å². The van der Waals surface area contributed by atoms with E-state index in [1.165, 1.54) is 6.07 Å². The van der Waals surface area contributed by atoms with Crippen molar-refractivity contribution >= 4 is 5.91 Å². The van der Waals surface area contributed by atoms with Crippen molar-refractivity contribution in [2.75, 3.05) is 26.2 Å². The van der Waals surface area contributed by atoms with Gasteiger partial charge in [0, 0.05) is 25.7 Å². The van der Waals surface area contributed by atoms with Crippen molar-refractivity contribution in [2.24, 2.45) is 0 Å². The molecule has 0 aliphatic carbocycles. The number of nitrogens with zero attached hydrogens (tertiary/aromatic N) is 2. The van der Waals surface area contributed by atoms with Crippen LogP contribution in [0.15, 0.2) is 24.3 Å². The van der Waals surface area contributed by atoms with Crippen LogP contribution in [0.2, 0.25) is 0 Å². The molecule has 1 aromatic rings. The van der Waals surface area contributed by atoms with Gasteiger partial charge < -0.3 is 14.5 Å². The van der Waals surface area contributed by atoms with Gasteiger partial charge in [0.05, 0.1) is 12.1 Å². The second-order valence-corrected chi connectivity index (χ2v) is 8.54. The number of amides is 1. The van der Waals surface area contributed by atoms with Crippen molar-refractivity contribution in [1.29, 1.82) is 0 Å². The second kappa shape index (κ2) is 7.28. The van der Waals surface area contributed by atoms with E-state index in [1.54, 1.807) is 12.1 Å². The molecule has 4 nitrogen and oxygen atoms in total. The summed E-state index contributed by atoms with van der Waals surface area (Å²) in [7, 11) is 0. The molecule has 0 unspecified atom stereocenters. The third-order valence-electron chi connectivity index (χ3n) is 5.70. The fourth-order valence-electron chi connectivity index (χ4n) is 4.19. The van der Waals surface area contributed by atoms with Crippen molar-refractivity contribution in [2.45, 2.75) is 64.2 Å². The number of morpholine rings is 1. The van der Waals surface area contributed by atoms with Crippen LogP contribution < -0.4 is 0 Å². The molecule has 2 saturated heterocycles. The highest BCUT2D eigenvalue weighted by molar-refractivity contribution is 5.85. The largest absolute Gasteiger partial charge is 0.357 e. The van der Waals surface area contributed by atoms with Crippen molar-refractivity contribution < 1.29 is 13.9 Å². The molecule has 0 saturated carbocycles. The molecule has 1 spiro atoms. The Morgan fingerprint density at radius 2 is 1.92 bits per heavy atom. The van der Waals surface area contributed by atoms with Gasteiger partial charge in [0.1, 0.15) is 11.4 Å². The number of likely N-dealkylation sites (tertiary alicyclic amines) is 1. The quantitative estimate of drug-likeness (QED) is 0.824. The maximum Gasteiger partial charge on any atom is 0.254 e. The zero-order chi connectivity index (χ0) is 18.9. The van der Waals surface area contributed by atoms with Gasteiger partial charge in [-0.1, -0.05) is 12.1 Å². The summed E-state index contributed by atoms with van der Waals surface area (Å²) in [6.45, 7) is 11.4. The van der Waals surface area contributed by atoms with E-state index >= 15 is 0 Å². The summed E-state index contributed by atoms with van der Waals surface area (Å²) in [5, 5.41) is 0. The van der Waals surface area contributed by atoms with Crippen molar-refractivity contribution in [3.63, 3.8) is 0 Å². The lowest BCUT2D eigenvalue weighted by atomic mass is 9.85. The summed E-state index contributed by atoms with van der Waals surface area (Å²) in [4.78, 5) is 17.0. The first-order valence-corrected chi connectivity index (χ1v) is 9.69. The number of hydrogen-bond acceptors (Lipinski definition) is 3. The van der Waals surface area contributed by atoms with Crippen LogP contribution in [0.4, 0.5) is 4.39 Å². The Balaban J connectivity index is 1.59. The van der Waals surface area contributed by atoms with Gasteiger partial charge in [0.15, 0.2) is 0 Å². The van der Waals surface area contributed by atoms with Gasteiger partial charge in [-0.05, 0) is 64.7 Å². The van der Waals surface area contributed by atoms with E-state index in [4.69, 9.17) is 4.74 Å². The van der Waals surface area contributed by atoms with E-state index in [0.29, 0.717) is 6.54 Å². The van der Waals surface area contributed by atoms with Gasteiger partial charge in [-0.2, -0.15) is 0 Å². The summed E-state index contributed by atoms with van der Waals surface area (Å²) in [6.07, 6.45) is 2.71. The molecule has 2 heterocycles. The van der Waals surface area contributed by atoms with Gasteiger partial charge in [-0.25, -0.2) is 4.39 Å². The van der Waals surface area contributed by atoms with Crippen LogP contribution in [-0.2, 0) is 16.0 Å². The second-order valence-electron chi connectivity index (χ2n) is 8.54. The first kappa shape index (κ1) is 19.3. The van der Waals surface area contributed by atoms with E-state index in [1.807, 2.05) is 24.8 Å². The molecule has 2 fully saturated rings. The van der Waals surface area contributed by atoms with E-state index in [9.17, 15) is 9.18 Å². The number of hydrogen-bond donors (Lipinski definition) is 0. The number of carbonyl (C=O) groups excluding carboxylic acids is 1. The Hall–Kier alpha value is -1.46. The molecule has 2 aliphatic rings. The SMILES string of the molecule is CC(C)N1CC2(CCN(CCc3cccc(F)c3)CC2)OC(C)(C)C1=O. The van der Waals surface area contributed by atoms with Crippen molar-refractivity contribution in [1.82, 2.24) is 9.80 Å². The fraction of sp³-hybridized carbons (Fsp3) is 0.667. The average Bonchev–Trinajstić information content (AvgIpc) is 2.57. The summed E-state index contributed by atoms with van der Waals surface area (Å²) < 4.78 is 19.7. The molecule has 1 amide bonds. The number of piperidine rings is 1. The maximum absolute atomic E-state index is 13.3. The normalized spacial score (nSPS) is 23.0. The lowest BCUT2D eigenvalue weighted by molar-refractivity contribution is -0.219. The smallest absolute Gasteiger partial charge is 0.254 e. The monoisotopic (exact) mass is 362 g/mol. The predicted molar refractivity (Wildman–Crippen MR) is 101 cm³/mol. The highest BCUT2D eigenvalue weighted by Gasteiger charge is 2.50. The molecule has 0 aromatic heterocycles. The third kappa shape index (κ3) is 4.09. The molecule has 0 atom stereocenters. The van der Waals surface area contributed by atoms with E-state index < -0.39 is 5.60 Å². The first-order valence-electron chi connectivity index (χ1n) is 9.69. The maximum atomic E-state index is 13.3. The van der Waals surface area contributed by atoms with Gasteiger partial charge in [-0.3, -0.25) is 4.79 Å². The minimum absolute atomic E-state index is 0.0895. The van der Waals surface area contributed by atoms with E-state index in [-0.39, 0.29) is 23.4 Å². The van der Waals surface area contributed by atoms with Crippen LogP contribution in [0.1, 0.15) is 46.1 Å². The number of benzene rings is 1. The standard InChI is InChI=1S/C21H31FN2O2/c1-16(2)24-15-21(26-20(3,4)19(24)25)9-12-23(13-10-21)11-8-17-6-5-7-18(22)14-17/h5-7,14,16H,8-13,15H2,1-4H3. The molecule has 26 heavy (non-hydrogen) atoms. The zero-order valence-corrected chi connectivity index (χ0v) is 16.4. The number of rotatable bonds is 4. The first-order chi connectivity index (χ1) is 12.2. The molecular formula is C21H31FN2O2. The Labute approximate surface area is 156 Å². The van der Waals surface area contributed by atoms with Crippen LogP contribution in [0.3, 0.4) is 0 Å². The summed E-state index contributed by atoms with van der Waals surface area (Å²) >= 11 is 0. The lowest BCUT2D eigenvalue weighted by Gasteiger charge is -2.53. The predicted octanol–water partition coefficient (Wildman–Crippen LogP) is 3.25. The molecule has 0 radical (unpaired) electrons. The third-order valence-corrected chi connectivity index (χ3v) is 5.70. The van der Waals surface area contributed by atoms with Crippen LogP contribution in [0.25, 0.3) is 0 Å². The Morgan fingerprint density at radius 1 is 1.23 bits per heavy atom. The minimum Gasteiger partial charge on any atom is -0.357 e. The summed E-state index contributed by atoms with van der Waals surface area (Å²) in [6, 6.07) is 7.04. The molecule has 1 aromatic carbocycles. The molecule has 5 heteroatoms. The number of ether oxygens (including phenoxy) is 1. The molecule has 0 N–H and O–H groups in total. The molecular weight excluding hydrogens is 331 g/mol. The zero-order valence-electron chi connectivity index (χ0n) is 16.4. The van der Waals surface area contributed by atoms with Crippen LogP contribution >= 0.6 is 0 Å². The Kier molecular flexibility index (Phi) is 5.40. The van der Waals surface area contributed by atoms with Gasteiger partial charge in [0.25, 0.3) is 5.91 Å². The molecule has 0 bridgehead atoms. The van der Waals surface area contributed by atoms with Crippen molar-refractivity contribution in [3.8, 4) is 0 Å². The highest BCUT2D eigenvalue weighted by atomic mass is 19.1. The van der Waals surface area contributed by atoms with Gasteiger partial charge in [0.2, 0.25) is 0 Å². The Morgan fingerprint density at radius 3 is 2.54 bits per heavy atom. The van der Waals surface area contributed by atoms with Crippen LogP contribution in [0.5, 0.6) is 0 Å². The molecule has 144 valence electrons. The lowest BCUT2D eigenvalue weighted by Crippen LogP contribution is -2.66. The Bertz CT molecular complexity index is 651. The van der Waals surface area contributed by atoms with E-state index in [0.717, 1.165) is 44.5 Å². The molecule has 2 aliphatic heterocycles. The summed E-state index contributed by atoms with van der Waals surface area (Å²) in [5.74, 6) is -0.0805. The van der Waals surface area contributed by atoms with Crippen LogP contribution in [0, 0.1) is 5.82 Å². The fourth-order valence-corrected chi connectivity index (χ4v) is 4.19.